The average Bonchev–Trinajstić information content (AvgIpc) is 2.94. The molecule has 1 saturated carbocycles. The van der Waals surface area contributed by atoms with Crippen molar-refractivity contribution in [2.24, 2.45) is 0 Å². The van der Waals surface area contributed by atoms with Crippen LogP contribution in [0.4, 0.5) is 0 Å². The smallest absolute Gasteiger partial charge is 0.323 e. The Morgan fingerprint density at radius 1 is 1.50 bits per heavy atom. The van der Waals surface area contributed by atoms with Gasteiger partial charge in [-0.1, -0.05) is 0 Å². The molecule has 1 aliphatic rings. The second kappa shape index (κ2) is 4.81. The summed E-state index contributed by atoms with van der Waals surface area (Å²) >= 11 is 0. The number of likely N-dealkylation sites (N-methyl/N-ethyl adjacent to an activating group) is 1. The molecule has 0 aliphatic heterocycles. The Morgan fingerprint density at radius 3 is 2.31 bits per heavy atom. The second-order valence-electron chi connectivity index (χ2n) is 4.04. The lowest BCUT2D eigenvalue weighted by molar-refractivity contribution is -0.160. The number of amides is 1. The van der Waals surface area contributed by atoms with Gasteiger partial charge in [0.1, 0.15) is 5.78 Å². The first kappa shape index (κ1) is 13.6. The van der Waals surface area contributed by atoms with Crippen LogP contribution in [0.3, 0.4) is 0 Å². The third kappa shape index (κ3) is 3.54. The van der Waals surface area contributed by atoms with Crippen LogP contribution in [0.25, 0.3) is 0 Å². The predicted octanol–water partition coefficient (Wildman–Crippen LogP) is -0.178. The Labute approximate surface area is 93.8 Å². The molecule has 3 N–H and O–H groups in total. The van der Waals surface area contributed by atoms with Crippen molar-refractivity contribution in [3.05, 3.63) is 0 Å². The summed E-state index contributed by atoms with van der Waals surface area (Å²) in [4.78, 5) is 30.9. The van der Waals surface area contributed by atoms with Crippen molar-refractivity contribution in [3.63, 3.8) is 0 Å². The van der Waals surface area contributed by atoms with Gasteiger partial charge in [-0.2, -0.15) is 0 Å². The molecule has 0 aromatic rings. The van der Waals surface area contributed by atoms with Crippen LogP contribution in [0.1, 0.15) is 19.8 Å². The van der Waals surface area contributed by atoms with Crippen molar-refractivity contribution in [2.45, 2.75) is 31.6 Å². The van der Waals surface area contributed by atoms with Gasteiger partial charge in [0.2, 0.25) is 0 Å². The molecule has 0 aromatic heterocycles. The summed E-state index contributed by atoms with van der Waals surface area (Å²) in [7, 11) is -3.05. The molecule has 7 nitrogen and oxygen atoms in total. The molecule has 0 saturated heterocycles. The quantitative estimate of drug-likeness (QED) is 0.356. The van der Waals surface area contributed by atoms with Crippen LogP contribution in [0.2, 0.25) is 0 Å². The van der Waals surface area contributed by atoms with E-state index in [0.29, 0.717) is 5.06 Å². The van der Waals surface area contributed by atoms with Gasteiger partial charge in [0.05, 0.1) is 6.54 Å². The second-order valence-corrected chi connectivity index (χ2v) is 5.97. The molecule has 0 spiro atoms. The summed E-state index contributed by atoms with van der Waals surface area (Å²) in [6.45, 7) is 1.22. The SMILES string of the molecule is CC(N(CC(=O)N(C)O)C1CC1)P(=O)(O)O. The Bertz CT molecular complexity index is 312. The minimum Gasteiger partial charge on any atom is -0.323 e. The third-order valence-corrected chi connectivity index (χ3v) is 3.93. The van der Waals surface area contributed by atoms with Gasteiger partial charge in [0.25, 0.3) is 5.91 Å². The van der Waals surface area contributed by atoms with Crippen LogP contribution in [-0.4, -0.2) is 56.3 Å². The number of nitrogens with zero attached hydrogens (tertiary/aromatic N) is 2. The van der Waals surface area contributed by atoms with Crippen LogP contribution in [0, 0.1) is 0 Å². The molecular weight excluding hydrogens is 235 g/mol. The summed E-state index contributed by atoms with van der Waals surface area (Å²) in [5.74, 6) is -1.57. The number of hydrogen-bond acceptors (Lipinski definition) is 4. The zero-order chi connectivity index (χ0) is 12.5. The lowest BCUT2D eigenvalue weighted by atomic mass is 10.4. The molecule has 94 valence electrons. The van der Waals surface area contributed by atoms with E-state index < -0.39 is 19.3 Å². The van der Waals surface area contributed by atoms with Gasteiger partial charge in [0.15, 0.2) is 0 Å². The first-order chi connectivity index (χ1) is 7.23. The fourth-order valence-corrected chi connectivity index (χ4v) is 2.08. The molecule has 1 unspecified atom stereocenters. The molecular formula is C8H17N2O5P. The molecule has 0 bridgehead atoms. The lowest BCUT2D eigenvalue weighted by Gasteiger charge is -2.29. The van der Waals surface area contributed by atoms with Gasteiger partial charge < -0.3 is 9.79 Å². The van der Waals surface area contributed by atoms with E-state index in [1.54, 1.807) is 0 Å². The molecule has 0 radical (unpaired) electrons. The van der Waals surface area contributed by atoms with Gasteiger partial charge in [-0.15, -0.1) is 0 Å². The maximum absolute atomic E-state index is 11.3. The highest BCUT2D eigenvalue weighted by Gasteiger charge is 2.40. The summed E-state index contributed by atoms with van der Waals surface area (Å²) in [5, 5.41) is 9.35. The molecule has 8 heteroatoms. The van der Waals surface area contributed by atoms with E-state index >= 15 is 0 Å². The first-order valence-electron chi connectivity index (χ1n) is 5.00. The number of carbonyl (C=O) groups is 1. The monoisotopic (exact) mass is 252 g/mol. The van der Waals surface area contributed by atoms with Gasteiger partial charge >= 0.3 is 7.60 Å². The van der Waals surface area contributed by atoms with Crippen molar-refractivity contribution in [1.29, 1.82) is 0 Å². The van der Waals surface area contributed by atoms with E-state index in [4.69, 9.17) is 15.0 Å². The normalized spacial score (nSPS) is 18.6. The zero-order valence-corrected chi connectivity index (χ0v) is 10.2. The van der Waals surface area contributed by atoms with E-state index in [-0.39, 0.29) is 12.6 Å². The highest BCUT2D eigenvalue weighted by atomic mass is 31.2. The highest BCUT2D eigenvalue weighted by Crippen LogP contribution is 2.45. The summed E-state index contributed by atoms with van der Waals surface area (Å²) in [6.07, 6.45) is 1.65. The largest absolute Gasteiger partial charge is 0.342 e. The molecule has 1 atom stereocenters. The van der Waals surface area contributed by atoms with E-state index in [2.05, 4.69) is 0 Å². The van der Waals surface area contributed by atoms with Crippen LogP contribution in [0.15, 0.2) is 0 Å². The van der Waals surface area contributed by atoms with Crippen molar-refractivity contribution < 1.29 is 24.4 Å². The Kier molecular flexibility index (Phi) is 4.09. The number of hydrogen-bond donors (Lipinski definition) is 3. The summed E-state index contributed by atoms with van der Waals surface area (Å²) in [6, 6.07) is 0.0338. The molecule has 0 aromatic carbocycles. The maximum Gasteiger partial charge on any atom is 0.342 e. The van der Waals surface area contributed by atoms with Crippen LogP contribution < -0.4 is 0 Å². The maximum atomic E-state index is 11.3. The van der Waals surface area contributed by atoms with Crippen molar-refractivity contribution in [1.82, 2.24) is 9.96 Å². The Morgan fingerprint density at radius 2 is 2.00 bits per heavy atom. The van der Waals surface area contributed by atoms with Crippen molar-refractivity contribution >= 4 is 13.5 Å². The fourth-order valence-electron chi connectivity index (χ4n) is 1.42. The molecule has 1 rings (SSSR count). The van der Waals surface area contributed by atoms with Gasteiger partial charge in [-0.3, -0.25) is 19.5 Å². The van der Waals surface area contributed by atoms with Crippen LogP contribution in [-0.2, 0) is 9.36 Å². The van der Waals surface area contributed by atoms with Gasteiger partial charge in [-0.05, 0) is 19.8 Å². The first-order valence-corrected chi connectivity index (χ1v) is 6.68. The Balaban J connectivity index is 2.68. The van der Waals surface area contributed by atoms with Crippen LogP contribution in [0.5, 0.6) is 0 Å². The van der Waals surface area contributed by atoms with Crippen molar-refractivity contribution in [2.75, 3.05) is 13.6 Å². The molecule has 1 aliphatic carbocycles. The molecule has 1 fully saturated rings. The van der Waals surface area contributed by atoms with E-state index in [1.807, 2.05) is 0 Å². The van der Waals surface area contributed by atoms with E-state index in [1.165, 1.54) is 18.9 Å². The van der Waals surface area contributed by atoms with Crippen LogP contribution >= 0.6 is 7.60 Å². The number of rotatable bonds is 5. The molecule has 0 heterocycles. The number of hydroxylamine groups is 2. The van der Waals surface area contributed by atoms with E-state index in [0.717, 1.165) is 12.8 Å². The van der Waals surface area contributed by atoms with Gasteiger partial charge in [0, 0.05) is 13.1 Å². The Hall–Kier alpha value is -0.460. The van der Waals surface area contributed by atoms with Gasteiger partial charge in [-0.25, -0.2) is 5.06 Å². The van der Waals surface area contributed by atoms with Crippen molar-refractivity contribution in [3.8, 4) is 0 Å². The fraction of sp³-hybridized carbons (Fsp3) is 0.875. The minimum absolute atomic E-state index is 0.0338. The molecule has 16 heavy (non-hydrogen) atoms. The third-order valence-electron chi connectivity index (χ3n) is 2.66. The summed E-state index contributed by atoms with van der Waals surface area (Å²) < 4.78 is 11.1. The zero-order valence-electron chi connectivity index (χ0n) is 9.28. The average molecular weight is 252 g/mol. The topological polar surface area (TPSA) is 101 Å². The lowest BCUT2D eigenvalue weighted by Crippen LogP contribution is -2.42. The molecule has 1 amide bonds. The standard InChI is InChI=1S/C8H17N2O5P/c1-6(16(13,14)15)10(7-3-4-7)5-8(11)9(2)12/h6-7,12H,3-5H2,1-2H3,(H2,13,14,15). The predicted molar refractivity (Wildman–Crippen MR) is 55.8 cm³/mol. The van der Waals surface area contributed by atoms with E-state index in [9.17, 15) is 9.36 Å². The summed E-state index contributed by atoms with van der Waals surface area (Å²) in [5.41, 5.74) is 0. The highest BCUT2D eigenvalue weighted by molar-refractivity contribution is 7.52. The number of carbonyl (C=O) groups excluding carboxylic acids is 1. The minimum atomic E-state index is -4.24.